The van der Waals surface area contributed by atoms with Crippen LogP contribution in [0.2, 0.25) is 5.02 Å². The number of nitrogen functional groups attached to an aromatic ring is 1. The highest BCUT2D eigenvalue weighted by Gasteiger charge is 2.12. The van der Waals surface area contributed by atoms with E-state index >= 15 is 0 Å². The highest BCUT2D eigenvalue weighted by molar-refractivity contribution is 6.32. The minimum atomic E-state index is 0.402. The van der Waals surface area contributed by atoms with Crippen LogP contribution in [0.15, 0.2) is 35.1 Å². The van der Waals surface area contributed by atoms with Gasteiger partial charge in [0.15, 0.2) is 11.6 Å². The molecule has 0 aliphatic heterocycles. The molecule has 0 aliphatic carbocycles. The molecule has 0 unspecified atom stereocenters. The first-order valence-electron chi connectivity index (χ1n) is 7.68. The van der Waals surface area contributed by atoms with E-state index in [1.807, 2.05) is 6.07 Å². The third-order valence-corrected chi connectivity index (χ3v) is 4.00. The Balaban J connectivity index is 2.09. The SMILES string of the molecule is CCN(CC)c1nc2cc(C#Cc3ccoc3)c(Cl)cc2nc1N. The van der Waals surface area contributed by atoms with Crippen molar-refractivity contribution in [2.75, 3.05) is 23.7 Å². The van der Waals surface area contributed by atoms with E-state index in [9.17, 15) is 0 Å². The fourth-order valence-corrected chi connectivity index (χ4v) is 2.61. The number of rotatable bonds is 3. The third kappa shape index (κ3) is 3.15. The predicted octanol–water partition coefficient (Wildman–Crippen LogP) is 3.70. The molecule has 0 fully saturated rings. The van der Waals surface area contributed by atoms with Gasteiger partial charge in [-0.05, 0) is 32.0 Å². The van der Waals surface area contributed by atoms with Crippen LogP contribution in [0, 0.1) is 11.8 Å². The van der Waals surface area contributed by atoms with E-state index in [1.165, 1.54) is 0 Å². The summed E-state index contributed by atoms with van der Waals surface area (Å²) in [5.74, 6) is 7.14. The molecule has 0 atom stereocenters. The minimum Gasteiger partial charge on any atom is -0.471 e. The maximum absolute atomic E-state index is 6.31. The Hall–Kier alpha value is -2.71. The van der Waals surface area contributed by atoms with Crippen molar-refractivity contribution in [2.24, 2.45) is 0 Å². The number of nitrogens with zero attached hydrogens (tertiary/aromatic N) is 3. The second-order valence-corrected chi connectivity index (χ2v) is 5.59. The van der Waals surface area contributed by atoms with Gasteiger partial charge in [0.1, 0.15) is 6.26 Å². The van der Waals surface area contributed by atoms with Gasteiger partial charge in [0, 0.05) is 18.7 Å². The van der Waals surface area contributed by atoms with E-state index in [0.29, 0.717) is 33.3 Å². The largest absolute Gasteiger partial charge is 0.471 e. The van der Waals surface area contributed by atoms with Crippen LogP contribution in [0.5, 0.6) is 0 Å². The lowest BCUT2D eigenvalue weighted by Crippen LogP contribution is -2.24. The van der Waals surface area contributed by atoms with Crippen LogP contribution in [-0.2, 0) is 0 Å². The number of fused-ring (bicyclic) bond motifs is 1. The van der Waals surface area contributed by atoms with Gasteiger partial charge in [-0.25, -0.2) is 9.97 Å². The van der Waals surface area contributed by atoms with Crippen molar-refractivity contribution in [1.29, 1.82) is 0 Å². The summed E-state index contributed by atoms with van der Waals surface area (Å²) in [5.41, 5.74) is 8.90. The average molecular weight is 341 g/mol. The number of aromatic nitrogens is 2. The summed E-state index contributed by atoms with van der Waals surface area (Å²) in [6, 6.07) is 5.37. The first-order valence-corrected chi connectivity index (χ1v) is 8.06. The molecule has 2 aromatic heterocycles. The number of furan rings is 1. The summed E-state index contributed by atoms with van der Waals surface area (Å²) >= 11 is 6.31. The molecule has 1 aromatic carbocycles. The van der Waals surface area contributed by atoms with Crippen LogP contribution in [0.4, 0.5) is 11.6 Å². The summed E-state index contributed by atoms with van der Waals surface area (Å²) in [7, 11) is 0. The number of anilines is 2. The van der Waals surface area contributed by atoms with Crippen LogP contribution in [0.3, 0.4) is 0 Å². The Morgan fingerprint density at radius 3 is 2.58 bits per heavy atom. The maximum atomic E-state index is 6.31. The minimum absolute atomic E-state index is 0.402. The molecule has 6 heteroatoms. The van der Waals surface area contributed by atoms with E-state index in [4.69, 9.17) is 21.8 Å². The number of hydrogen-bond donors (Lipinski definition) is 1. The Kier molecular flexibility index (Phi) is 4.59. The first-order chi connectivity index (χ1) is 11.6. The Bertz CT molecular complexity index is 922. The smallest absolute Gasteiger partial charge is 0.172 e. The molecule has 0 spiro atoms. The molecule has 24 heavy (non-hydrogen) atoms. The quantitative estimate of drug-likeness (QED) is 0.736. The Morgan fingerprint density at radius 1 is 1.17 bits per heavy atom. The second kappa shape index (κ2) is 6.81. The first kappa shape index (κ1) is 16.2. The molecule has 0 saturated heterocycles. The summed E-state index contributed by atoms with van der Waals surface area (Å²) in [6.07, 6.45) is 3.16. The van der Waals surface area contributed by atoms with Crippen molar-refractivity contribution in [3.63, 3.8) is 0 Å². The lowest BCUT2D eigenvalue weighted by Gasteiger charge is -2.21. The molecule has 0 radical (unpaired) electrons. The topological polar surface area (TPSA) is 68.2 Å². The van der Waals surface area contributed by atoms with Gasteiger partial charge in [0.05, 0.1) is 27.9 Å². The molecular formula is C18H17ClN4O. The molecule has 0 bridgehead atoms. The zero-order valence-electron chi connectivity index (χ0n) is 13.5. The molecule has 3 aromatic rings. The number of hydrogen-bond acceptors (Lipinski definition) is 5. The molecule has 3 rings (SSSR count). The zero-order valence-corrected chi connectivity index (χ0v) is 14.3. The molecule has 2 N–H and O–H groups in total. The van der Waals surface area contributed by atoms with Crippen LogP contribution in [0.1, 0.15) is 25.0 Å². The molecule has 122 valence electrons. The normalized spacial score (nSPS) is 10.5. The van der Waals surface area contributed by atoms with E-state index in [-0.39, 0.29) is 0 Å². The third-order valence-electron chi connectivity index (χ3n) is 3.69. The van der Waals surface area contributed by atoms with Crippen molar-refractivity contribution in [2.45, 2.75) is 13.8 Å². The zero-order chi connectivity index (χ0) is 17.1. The van der Waals surface area contributed by atoms with E-state index in [2.05, 4.69) is 40.6 Å². The van der Waals surface area contributed by atoms with Gasteiger partial charge < -0.3 is 15.1 Å². The van der Waals surface area contributed by atoms with Crippen molar-refractivity contribution in [1.82, 2.24) is 9.97 Å². The van der Waals surface area contributed by atoms with Gasteiger partial charge in [0.25, 0.3) is 0 Å². The maximum Gasteiger partial charge on any atom is 0.172 e. The van der Waals surface area contributed by atoms with Crippen molar-refractivity contribution < 1.29 is 4.42 Å². The van der Waals surface area contributed by atoms with Crippen LogP contribution >= 0.6 is 11.6 Å². The van der Waals surface area contributed by atoms with Gasteiger partial charge in [-0.1, -0.05) is 23.4 Å². The van der Waals surface area contributed by atoms with Crippen LogP contribution < -0.4 is 10.6 Å². The van der Waals surface area contributed by atoms with Gasteiger partial charge in [-0.15, -0.1) is 0 Å². The average Bonchev–Trinajstić information content (AvgIpc) is 3.08. The van der Waals surface area contributed by atoms with Gasteiger partial charge >= 0.3 is 0 Å². The summed E-state index contributed by atoms with van der Waals surface area (Å²) < 4.78 is 5.01. The second-order valence-electron chi connectivity index (χ2n) is 5.19. The van der Waals surface area contributed by atoms with Crippen molar-refractivity contribution in [3.8, 4) is 11.8 Å². The number of halogens is 1. The fraction of sp³-hybridized carbons (Fsp3) is 0.222. The summed E-state index contributed by atoms with van der Waals surface area (Å²) in [5, 5.41) is 0.516. The van der Waals surface area contributed by atoms with Crippen molar-refractivity contribution >= 4 is 34.3 Å². The van der Waals surface area contributed by atoms with Crippen LogP contribution in [-0.4, -0.2) is 23.1 Å². The lowest BCUT2D eigenvalue weighted by molar-refractivity contribution is 0.566. The highest BCUT2D eigenvalue weighted by Crippen LogP contribution is 2.26. The molecule has 0 aliphatic rings. The Labute approximate surface area is 145 Å². The number of benzene rings is 1. The lowest BCUT2D eigenvalue weighted by atomic mass is 10.2. The molecule has 0 amide bonds. The van der Waals surface area contributed by atoms with E-state index in [1.54, 1.807) is 24.7 Å². The number of nitrogens with two attached hydrogens (primary N) is 1. The Morgan fingerprint density at radius 2 is 1.92 bits per heavy atom. The summed E-state index contributed by atoms with van der Waals surface area (Å²) in [6.45, 7) is 5.72. The summed E-state index contributed by atoms with van der Waals surface area (Å²) in [4.78, 5) is 11.2. The van der Waals surface area contributed by atoms with Gasteiger partial charge in [0.2, 0.25) is 0 Å². The van der Waals surface area contributed by atoms with Gasteiger partial charge in [-0.3, -0.25) is 0 Å². The molecular weight excluding hydrogens is 324 g/mol. The standard InChI is InChI=1S/C18H17ClN4O/c1-3-23(4-2)18-17(20)21-16-10-14(19)13(9-15(16)22-18)6-5-12-7-8-24-11-12/h7-11H,3-4H2,1-2H3,(H2,20,21). The van der Waals surface area contributed by atoms with Crippen LogP contribution in [0.25, 0.3) is 11.0 Å². The highest BCUT2D eigenvalue weighted by atomic mass is 35.5. The monoisotopic (exact) mass is 340 g/mol. The van der Waals surface area contributed by atoms with Crippen molar-refractivity contribution in [3.05, 3.63) is 46.9 Å². The fourth-order valence-electron chi connectivity index (χ4n) is 2.41. The van der Waals surface area contributed by atoms with E-state index in [0.717, 1.165) is 18.7 Å². The molecule has 5 nitrogen and oxygen atoms in total. The molecule has 0 saturated carbocycles. The van der Waals surface area contributed by atoms with E-state index < -0.39 is 0 Å². The van der Waals surface area contributed by atoms with Gasteiger partial charge in [-0.2, -0.15) is 0 Å². The molecule has 2 heterocycles. The predicted molar refractivity (Wildman–Crippen MR) is 97.2 cm³/mol.